The van der Waals surface area contributed by atoms with Gasteiger partial charge in [-0.3, -0.25) is 19.8 Å². The molecule has 11 heteroatoms. The molecule has 1 heterocycles. The maximum Gasteiger partial charge on any atom is 0.270 e. The van der Waals surface area contributed by atoms with Gasteiger partial charge in [0.2, 0.25) is 0 Å². The molecule has 3 aromatic carbocycles. The van der Waals surface area contributed by atoms with Gasteiger partial charge in [-0.25, -0.2) is 4.39 Å². The normalized spacial score (nSPS) is 14.8. The lowest BCUT2D eigenvalue weighted by Crippen LogP contribution is -2.54. The zero-order chi connectivity index (χ0) is 26.0. The number of benzene rings is 3. The van der Waals surface area contributed by atoms with Crippen molar-refractivity contribution in [3.8, 4) is 11.5 Å². The monoisotopic (exact) mass is 608 g/mol. The lowest BCUT2D eigenvalue weighted by molar-refractivity contribution is -0.122. The van der Waals surface area contributed by atoms with Crippen molar-refractivity contribution in [2.24, 2.45) is 0 Å². The van der Waals surface area contributed by atoms with Crippen molar-refractivity contribution in [1.82, 2.24) is 5.32 Å². The van der Waals surface area contributed by atoms with E-state index in [1.165, 1.54) is 25.3 Å². The molecule has 2 amide bonds. The Hall–Kier alpha value is -2.98. The van der Waals surface area contributed by atoms with Crippen LogP contribution in [0.5, 0.6) is 11.5 Å². The van der Waals surface area contributed by atoms with E-state index in [-0.39, 0.29) is 38.8 Å². The number of hydrogen-bond donors (Lipinski definition) is 1. The zero-order valence-electron chi connectivity index (χ0n) is 18.5. The number of nitrogens with zero attached hydrogens (tertiary/aromatic N) is 1. The minimum atomic E-state index is -0.676. The van der Waals surface area contributed by atoms with Gasteiger partial charge in [-0.1, -0.05) is 57.3 Å². The Bertz CT molecular complexity index is 1430. The number of thiocarbonyl (C=S) groups is 1. The standard InChI is InChI=1S/C25H16BrCl2FN2O4S/c1-34-20-10-14(17(26)11-21(20)35-12-13-4-2-5-15(29)8-13)9-16-23(32)30-25(36)31(24(16)33)19-7-3-6-18(27)22(19)28/h2-11H,12H2,1H3,(H,30,32,36)/b16-9+. The van der Waals surface area contributed by atoms with E-state index in [1.54, 1.807) is 42.5 Å². The largest absolute Gasteiger partial charge is 0.493 e. The molecule has 0 bridgehead atoms. The van der Waals surface area contributed by atoms with Gasteiger partial charge >= 0.3 is 0 Å². The van der Waals surface area contributed by atoms with Crippen LogP contribution in [0.25, 0.3) is 6.08 Å². The second-order valence-corrected chi connectivity index (χ2v) is 9.50. The molecule has 1 aliphatic rings. The number of anilines is 1. The van der Waals surface area contributed by atoms with E-state index in [0.717, 1.165) is 4.90 Å². The molecule has 0 saturated carbocycles. The lowest BCUT2D eigenvalue weighted by atomic mass is 10.1. The Morgan fingerprint density at radius 2 is 1.86 bits per heavy atom. The molecule has 3 aromatic rings. The number of halogens is 4. The fourth-order valence-corrected chi connectivity index (χ4v) is 4.51. The first-order valence-corrected chi connectivity index (χ1v) is 12.3. The van der Waals surface area contributed by atoms with Crippen molar-refractivity contribution >= 4 is 80.0 Å². The van der Waals surface area contributed by atoms with Crippen LogP contribution in [-0.2, 0) is 16.2 Å². The number of hydrogen-bond acceptors (Lipinski definition) is 5. The first kappa shape index (κ1) is 26.1. The van der Waals surface area contributed by atoms with Crippen LogP contribution in [0.15, 0.2) is 64.6 Å². The minimum Gasteiger partial charge on any atom is -0.493 e. The van der Waals surface area contributed by atoms with Crippen molar-refractivity contribution in [1.29, 1.82) is 0 Å². The average Bonchev–Trinajstić information content (AvgIpc) is 2.84. The molecule has 1 saturated heterocycles. The van der Waals surface area contributed by atoms with Crippen LogP contribution in [0.2, 0.25) is 10.0 Å². The molecule has 1 N–H and O–H groups in total. The highest BCUT2D eigenvalue weighted by Gasteiger charge is 2.36. The van der Waals surface area contributed by atoms with Gasteiger partial charge < -0.3 is 9.47 Å². The molecule has 4 rings (SSSR count). The third-order valence-electron chi connectivity index (χ3n) is 5.14. The molecule has 0 aliphatic carbocycles. The Kier molecular flexibility index (Phi) is 7.94. The number of rotatable bonds is 6. The first-order valence-electron chi connectivity index (χ1n) is 10.3. The summed E-state index contributed by atoms with van der Waals surface area (Å²) in [5, 5.41) is 2.73. The molecule has 0 unspecified atom stereocenters. The summed E-state index contributed by atoms with van der Waals surface area (Å²) in [5.41, 5.74) is 1.16. The van der Waals surface area contributed by atoms with E-state index in [1.807, 2.05) is 0 Å². The van der Waals surface area contributed by atoms with Crippen LogP contribution >= 0.6 is 51.3 Å². The van der Waals surface area contributed by atoms with Crippen LogP contribution in [0.3, 0.4) is 0 Å². The van der Waals surface area contributed by atoms with Crippen LogP contribution in [0, 0.1) is 5.82 Å². The van der Waals surface area contributed by atoms with Crippen molar-refractivity contribution < 1.29 is 23.5 Å². The molecule has 0 radical (unpaired) electrons. The highest BCUT2D eigenvalue weighted by Crippen LogP contribution is 2.37. The van der Waals surface area contributed by atoms with E-state index in [9.17, 15) is 14.0 Å². The van der Waals surface area contributed by atoms with Gasteiger partial charge in [-0.05, 0) is 65.8 Å². The third kappa shape index (κ3) is 5.39. The zero-order valence-corrected chi connectivity index (χ0v) is 22.4. The predicted molar refractivity (Wildman–Crippen MR) is 144 cm³/mol. The van der Waals surface area contributed by atoms with E-state index in [2.05, 4.69) is 21.2 Å². The third-order valence-corrected chi connectivity index (χ3v) is 6.92. The van der Waals surface area contributed by atoms with E-state index < -0.39 is 11.8 Å². The van der Waals surface area contributed by atoms with Gasteiger partial charge in [-0.2, -0.15) is 0 Å². The number of ether oxygens (including phenoxy) is 2. The molecule has 1 aliphatic heterocycles. The van der Waals surface area contributed by atoms with Gasteiger partial charge in [0.1, 0.15) is 18.0 Å². The predicted octanol–water partition coefficient (Wildman–Crippen LogP) is 6.31. The van der Waals surface area contributed by atoms with Crippen LogP contribution < -0.4 is 19.7 Å². The Labute approximate surface area is 229 Å². The quantitative estimate of drug-likeness (QED) is 0.201. The molecule has 0 aromatic heterocycles. The summed E-state index contributed by atoms with van der Waals surface area (Å²) in [6, 6.07) is 14.0. The fourth-order valence-electron chi connectivity index (χ4n) is 3.42. The minimum absolute atomic E-state index is 0.106. The lowest BCUT2D eigenvalue weighted by Gasteiger charge is -2.29. The topological polar surface area (TPSA) is 67.9 Å². The summed E-state index contributed by atoms with van der Waals surface area (Å²) in [4.78, 5) is 27.1. The molecule has 0 spiro atoms. The van der Waals surface area contributed by atoms with Gasteiger partial charge in [-0.15, -0.1) is 0 Å². The summed E-state index contributed by atoms with van der Waals surface area (Å²) in [6.45, 7) is 0.106. The molecule has 0 atom stereocenters. The highest BCUT2D eigenvalue weighted by molar-refractivity contribution is 9.10. The van der Waals surface area contributed by atoms with Crippen LogP contribution in [0.4, 0.5) is 10.1 Å². The molecule has 184 valence electrons. The van der Waals surface area contributed by atoms with Gasteiger partial charge in [0.15, 0.2) is 16.6 Å². The van der Waals surface area contributed by atoms with Crippen molar-refractivity contribution in [2.45, 2.75) is 6.61 Å². The maximum atomic E-state index is 13.5. The van der Waals surface area contributed by atoms with Gasteiger partial charge in [0.05, 0.1) is 22.8 Å². The van der Waals surface area contributed by atoms with Crippen molar-refractivity contribution in [3.05, 3.63) is 91.6 Å². The number of methoxy groups -OCH3 is 1. The van der Waals surface area contributed by atoms with E-state index >= 15 is 0 Å². The van der Waals surface area contributed by atoms with Crippen LogP contribution in [-0.4, -0.2) is 24.0 Å². The first-order chi connectivity index (χ1) is 17.2. The molecular formula is C25H16BrCl2FN2O4S. The van der Waals surface area contributed by atoms with Crippen molar-refractivity contribution in [2.75, 3.05) is 12.0 Å². The summed E-state index contributed by atoms with van der Waals surface area (Å²) in [5.74, 6) is -0.991. The van der Waals surface area contributed by atoms with Gasteiger partial charge in [0, 0.05) is 4.47 Å². The fraction of sp³-hybridized carbons (Fsp3) is 0.0800. The van der Waals surface area contributed by atoms with Gasteiger partial charge in [0.25, 0.3) is 11.8 Å². The second kappa shape index (κ2) is 11.0. The summed E-state index contributed by atoms with van der Waals surface area (Å²) < 4.78 is 25.2. The highest BCUT2D eigenvalue weighted by atomic mass is 79.9. The van der Waals surface area contributed by atoms with E-state index in [0.29, 0.717) is 27.1 Å². The van der Waals surface area contributed by atoms with Crippen LogP contribution in [0.1, 0.15) is 11.1 Å². The summed E-state index contributed by atoms with van der Waals surface area (Å²) in [6.07, 6.45) is 1.40. The number of carbonyl (C=O) groups is 2. The van der Waals surface area contributed by atoms with Crippen molar-refractivity contribution in [3.63, 3.8) is 0 Å². The molecule has 1 fully saturated rings. The smallest absolute Gasteiger partial charge is 0.270 e. The second-order valence-electron chi connectivity index (χ2n) is 7.47. The molecular weight excluding hydrogens is 594 g/mol. The number of nitrogens with one attached hydrogen (secondary N) is 1. The Morgan fingerprint density at radius 1 is 1.11 bits per heavy atom. The molecule has 6 nitrogen and oxygen atoms in total. The Morgan fingerprint density at radius 3 is 2.58 bits per heavy atom. The number of carbonyl (C=O) groups excluding carboxylic acids is 2. The van der Waals surface area contributed by atoms with E-state index in [4.69, 9.17) is 44.9 Å². The Balaban J connectivity index is 1.67. The SMILES string of the molecule is COc1cc(/C=C2\C(=O)NC(=S)N(c3cccc(Cl)c3Cl)C2=O)c(Br)cc1OCc1cccc(F)c1. The maximum absolute atomic E-state index is 13.5. The average molecular weight is 610 g/mol. The molecule has 36 heavy (non-hydrogen) atoms. The summed E-state index contributed by atoms with van der Waals surface area (Å²) in [7, 11) is 1.45. The number of amides is 2. The summed E-state index contributed by atoms with van der Waals surface area (Å²) >= 11 is 21.1.